The van der Waals surface area contributed by atoms with E-state index in [2.05, 4.69) is 11.6 Å². The van der Waals surface area contributed by atoms with Gasteiger partial charge in [-0.3, -0.25) is 10.1 Å². The van der Waals surface area contributed by atoms with Crippen molar-refractivity contribution in [2.45, 2.75) is 6.42 Å². The zero-order chi connectivity index (χ0) is 11.3. The number of hydrogen-bond acceptors (Lipinski definition) is 4. The summed E-state index contributed by atoms with van der Waals surface area (Å²) in [5.41, 5.74) is -0.191. The molecule has 0 unspecified atom stereocenters. The molecule has 0 bridgehead atoms. The number of nitrogens with zero attached hydrogens (tertiary/aromatic N) is 2. The third kappa shape index (κ3) is 3.21. The van der Waals surface area contributed by atoms with Gasteiger partial charge in [0.2, 0.25) is 0 Å². The van der Waals surface area contributed by atoms with Crippen molar-refractivity contribution < 1.29 is 9.66 Å². The van der Waals surface area contributed by atoms with Crippen LogP contribution in [0.15, 0.2) is 24.8 Å². The van der Waals surface area contributed by atoms with Crippen LogP contribution >= 0.6 is 11.6 Å². The van der Waals surface area contributed by atoms with Crippen LogP contribution in [0.5, 0.6) is 5.88 Å². The number of pyridine rings is 1. The van der Waals surface area contributed by atoms with E-state index in [9.17, 15) is 10.1 Å². The molecule has 1 heterocycles. The van der Waals surface area contributed by atoms with Gasteiger partial charge in [0.1, 0.15) is 5.15 Å². The molecule has 80 valence electrons. The van der Waals surface area contributed by atoms with Crippen molar-refractivity contribution in [3.8, 4) is 5.88 Å². The van der Waals surface area contributed by atoms with Gasteiger partial charge in [0, 0.05) is 6.07 Å². The minimum Gasteiger partial charge on any atom is -0.472 e. The molecule has 0 spiro atoms. The first-order valence-corrected chi connectivity index (χ1v) is 4.57. The smallest absolute Gasteiger partial charge is 0.331 e. The highest BCUT2D eigenvalue weighted by molar-refractivity contribution is 6.29. The largest absolute Gasteiger partial charge is 0.472 e. The summed E-state index contributed by atoms with van der Waals surface area (Å²) in [5, 5.41) is 10.7. The maximum Gasteiger partial charge on any atom is 0.331 e. The molecule has 0 aliphatic carbocycles. The summed E-state index contributed by atoms with van der Waals surface area (Å²) < 4.78 is 5.11. The highest BCUT2D eigenvalue weighted by Gasteiger charge is 2.16. The Morgan fingerprint density at radius 1 is 1.67 bits per heavy atom. The van der Waals surface area contributed by atoms with Gasteiger partial charge in [0.05, 0.1) is 11.5 Å². The van der Waals surface area contributed by atoms with Crippen molar-refractivity contribution >= 4 is 17.3 Å². The molecule has 0 amide bonds. The van der Waals surface area contributed by atoms with Crippen LogP contribution in [0, 0.1) is 10.1 Å². The molecule has 0 atom stereocenters. The lowest BCUT2D eigenvalue weighted by Gasteiger charge is -2.03. The van der Waals surface area contributed by atoms with E-state index in [1.54, 1.807) is 6.08 Å². The van der Waals surface area contributed by atoms with Crippen molar-refractivity contribution in [3.05, 3.63) is 40.1 Å². The summed E-state index contributed by atoms with van der Waals surface area (Å²) >= 11 is 5.60. The van der Waals surface area contributed by atoms with Gasteiger partial charge in [-0.15, -0.1) is 6.58 Å². The van der Waals surface area contributed by atoms with Gasteiger partial charge >= 0.3 is 5.69 Å². The van der Waals surface area contributed by atoms with Crippen LogP contribution in [0.25, 0.3) is 0 Å². The lowest BCUT2D eigenvalue weighted by atomic mass is 10.4. The van der Waals surface area contributed by atoms with Gasteiger partial charge in [-0.25, -0.2) is 0 Å². The second-order valence-electron chi connectivity index (χ2n) is 2.64. The number of nitro groups is 1. The molecule has 0 radical (unpaired) electrons. The Balaban J connectivity index is 2.86. The van der Waals surface area contributed by atoms with E-state index in [0.717, 1.165) is 0 Å². The van der Waals surface area contributed by atoms with E-state index in [1.807, 2.05) is 0 Å². The molecular formula is C9H9ClN2O3. The molecule has 0 aromatic carbocycles. The second kappa shape index (κ2) is 5.31. The number of hydrogen-bond donors (Lipinski definition) is 0. The average molecular weight is 229 g/mol. The predicted molar refractivity (Wildman–Crippen MR) is 56.2 cm³/mol. The van der Waals surface area contributed by atoms with Crippen molar-refractivity contribution in [2.24, 2.45) is 0 Å². The maximum absolute atomic E-state index is 10.6. The summed E-state index contributed by atoms with van der Waals surface area (Å²) in [6.45, 7) is 3.80. The van der Waals surface area contributed by atoms with Gasteiger partial charge in [0.15, 0.2) is 0 Å². The second-order valence-corrected chi connectivity index (χ2v) is 3.03. The molecule has 0 aliphatic heterocycles. The third-order valence-corrected chi connectivity index (χ3v) is 1.77. The van der Waals surface area contributed by atoms with Gasteiger partial charge in [-0.05, 0) is 12.5 Å². The van der Waals surface area contributed by atoms with E-state index < -0.39 is 4.92 Å². The van der Waals surface area contributed by atoms with Crippen molar-refractivity contribution in [1.82, 2.24) is 4.98 Å². The van der Waals surface area contributed by atoms with E-state index in [-0.39, 0.29) is 23.3 Å². The first-order chi connectivity index (χ1) is 7.15. The molecule has 0 saturated carbocycles. The Bertz CT molecular complexity index is 382. The Labute approximate surface area is 91.5 Å². The highest BCUT2D eigenvalue weighted by atomic mass is 35.5. The SMILES string of the molecule is C=CCCOc1nc(Cl)ccc1[N+](=O)[O-]. The molecule has 0 saturated heterocycles. The first-order valence-electron chi connectivity index (χ1n) is 4.19. The minimum absolute atomic E-state index is 0.0608. The van der Waals surface area contributed by atoms with Crippen molar-refractivity contribution in [3.63, 3.8) is 0 Å². The fourth-order valence-electron chi connectivity index (χ4n) is 0.895. The molecule has 1 aromatic heterocycles. The lowest BCUT2D eigenvalue weighted by molar-refractivity contribution is -0.386. The van der Waals surface area contributed by atoms with E-state index in [1.165, 1.54) is 12.1 Å². The van der Waals surface area contributed by atoms with Crippen molar-refractivity contribution in [1.29, 1.82) is 0 Å². The van der Waals surface area contributed by atoms with Gasteiger partial charge in [-0.1, -0.05) is 17.7 Å². The minimum atomic E-state index is -0.563. The zero-order valence-corrected chi connectivity index (χ0v) is 8.61. The Hall–Kier alpha value is -1.62. The summed E-state index contributed by atoms with van der Waals surface area (Å²) in [5.74, 6) is -0.0608. The van der Waals surface area contributed by atoms with E-state index >= 15 is 0 Å². The van der Waals surface area contributed by atoms with Crippen LogP contribution in [0.1, 0.15) is 6.42 Å². The molecule has 0 aliphatic rings. The van der Waals surface area contributed by atoms with Gasteiger partial charge in [-0.2, -0.15) is 4.98 Å². The molecule has 1 rings (SSSR count). The Kier molecular flexibility index (Phi) is 4.05. The normalized spacial score (nSPS) is 9.67. The standard InChI is InChI=1S/C9H9ClN2O3/c1-2-3-6-15-9-7(12(13)14)4-5-8(10)11-9/h2,4-5H,1,3,6H2. The average Bonchev–Trinajstić information content (AvgIpc) is 2.18. The summed E-state index contributed by atoms with van der Waals surface area (Å²) in [4.78, 5) is 13.8. The fourth-order valence-corrected chi connectivity index (χ4v) is 1.03. The summed E-state index contributed by atoms with van der Waals surface area (Å²) in [6, 6.07) is 2.61. The van der Waals surface area contributed by atoms with Crippen LogP contribution in [-0.4, -0.2) is 16.5 Å². The monoisotopic (exact) mass is 228 g/mol. The summed E-state index contributed by atoms with van der Waals surface area (Å²) in [6.07, 6.45) is 2.24. The number of ether oxygens (including phenoxy) is 1. The lowest BCUT2D eigenvalue weighted by Crippen LogP contribution is -2.01. The Morgan fingerprint density at radius 3 is 3.00 bits per heavy atom. The zero-order valence-electron chi connectivity index (χ0n) is 7.85. The predicted octanol–water partition coefficient (Wildman–Crippen LogP) is 2.60. The quantitative estimate of drug-likeness (QED) is 0.255. The van der Waals surface area contributed by atoms with Crippen LogP contribution < -0.4 is 4.74 Å². The summed E-state index contributed by atoms with van der Waals surface area (Å²) in [7, 11) is 0. The molecular weight excluding hydrogens is 220 g/mol. The molecule has 1 aromatic rings. The molecule has 6 heteroatoms. The number of rotatable bonds is 5. The molecule has 0 fully saturated rings. The maximum atomic E-state index is 10.6. The van der Waals surface area contributed by atoms with Gasteiger partial charge in [0.25, 0.3) is 5.88 Å². The van der Waals surface area contributed by atoms with Crippen molar-refractivity contribution in [2.75, 3.05) is 6.61 Å². The first kappa shape index (κ1) is 11.5. The number of aromatic nitrogens is 1. The van der Waals surface area contributed by atoms with Gasteiger partial charge < -0.3 is 4.74 Å². The number of halogens is 1. The van der Waals surface area contributed by atoms with Crippen LogP contribution in [-0.2, 0) is 0 Å². The molecule has 15 heavy (non-hydrogen) atoms. The highest BCUT2D eigenvalue weighted by Crippen LogP contribution is 2.26. The third-order valence-electron chi connectivity index (χ3n) is 1.56. The van der Waals surface area contributed by atoms with E-state index in [4.69, 9.17) is 16.3 Å². The molecule has 5 nitrogen and oxygen atoms in total. The van der Waals surface area contributed by atoms with E-state index in [0.29, 0.717) is 6.42 Å². The Morgan fingerprint density at radius 2 is 2.40 bits per heavy atom. The fraction of sp³-hybridized carbons (Fsp3) is 0.222. The topological polar surface area (TPSA) is 65.3 Å². The van der Waals surface area contributed by atoms with Crippen LogP contribution in [0.2, 0.25) is 5.15 Å². The van der Waals surface area contributed by atoms with Crippen LogP contribution in [0.3, 0.4) is 0 Å². The molecule has 0 N–H and O–H groups in total. The van der Waals surface area contributed by atoms with Crippen LogP contribution in [0.4, 0.5) is 5.69 Å².